The second kappa shape index (κ2) is 5.92. The van der Waals surface area contributed by atoms with Crippen molar-refractivity contribution in [3.05, 3.63) is 0 Å². The summed E-state index contributed by atoms with van der Waals surface area (Å²) in [5.41, 5.74) is 6.18. The molecule has 1 aliphatic heterocycles. The summed E-state index contributed by atoms with van der Waals surface area (Å²) in [5.74, 6) is 2.93. The molecule has 0 bridgehead atoms. The molecule has 2 heteroatoms. The molecule has 2 saturated carbocycles. The second-order valence-corrected chi connectivity index (χ2v) is 7.04. The van der Waals surface area contributed by atoms with Gasteiger partial charge in [0.15, 0.2) is 0 Å². The molecule has 104 valence electrons. The van der Waals surface area contributed by atoms with E-state index in [1.165, 1.54) is 77.4 Å². The molecule has 2 aliphatic carbocycles. The SMILES string of the molecule is NC1CCCC1CCN1CCC2CCCCC2C1. The van der Waals surface area contributed by atoms with Crippen molar-refractivity contribution in [2.45, 2.75) is 63.8 Å². The average Bonchev–Trinajstić information content (AvgIpc) is 2.82. The number of likely N-dealkylation sites (tertiary alicyclic amines) is 1. The number of nitrogens with two attached hydrogens (primary N) is 1. The van der Waals surface area contributed by atoms with E-state index < -0.39 is 0 Å². The van der Waals surface area contributed by atoms with Crippen LogP contribution in [0.3, 0.4) is 0 Å². The van der Waals surface area contributed by atoms with Crippen molar-refractivity contribution < 1.29 is 0 Å². The fraction of sp³-hybridized carbons (Fsp3) is 1.00. The molecular formula is C16H30N2. The summed E-state index contributed by atoms with van der Waals surface area (Å²) in [5, 5.41) is 0. The van der Waals surface area contributed by atoms with Crippen LogP contribution in [0.25, 0.3) is 0 Å². The number of piperidine rings is 1. The topological polar surface area (TPSA) is 29.3 Å². The zero-order chi connectivity index (χ0) is 12.4. The van der Waals surface area contributed by atoms with Gasteiger partial charge in [0.25, 0.3) is 0 Å². The molecular weight excluding hydrogens is 220 g/mol. The summed E-state index contributed by atoms with van der Waals surface area (Å²) in [4.78, 5) is 2.75. The average molecular weight is 250 g/mol. The Morgan fingerprint density at radius 2 is 1.72 bits per heavy atom. The molecule has 2 nitrogen and oxygen atoms in total. The van der Waals surface area contributed by atoms with Crippen LogP contribution < -0.4 is 5.73 Å². The van der Waals surface area contributed by atoms with E-state index in [4.69, 9.17) is 5.73 Å². The molecule has 2 N–H and O–H groups in total. The minimum atomic E-state index is 0.511. The minimum Gasteiger partial charge on any atom is -0.327 e. The fourth-order valence-corrected chi connectivity index (χ4v) is 4.65. The van der Waals surface area contributed by atoms with E-state index in [2.05, 4.69) is 4.90 Å². The van der Waals surface area contributed by atoms with Crippen molar-refractivity contribution in [1.29, 1.82) is 0 Å². The zero-order valence-electron chi connectivity index (χ0n) is 11.8. The van der Waals surface area contributed by atoms with E-state index in [-0.39, 0.29) is 0 Å². The minimum absolute atomic E-state index is 0.511. The molecule has 3 fully saturated rings. The highest BCUT2D eigenvalue weighted by atomic mass is 15.1. The van der Waals surface area contributed by atoms with Crippen molar-refractivity contribution in [3.63, 3.8) is 0 Å². The predicted molar refractivity (Wildman–Crippen MR) is 76.4 cm³/mol. The lowest BCUT2D eigenvalue weighted by Crippen LogP contribution is -2.42. The predicted octanol–water partition coefficient (Wildman–Crippen LogP) is 3.02. The third-order valence-electron chi connectivity index (χ3n) is 5.91. The summed E-state index contributed by atoms with van der Waals surface area (Å²) >= 11 is 0. The van der Waals surface area contributed by atoms with Crippen LogP contribution in [-0.4, -0.2) is 30.6 Å². The first-order valence-electron chi connectivity index (χ1n) is 8.31. The lowest BCUT2D eigenvalue weighted by Gasteiger charge is -2.41. The molecule has 3 rings (SSSR count). The molecule has 0 amide bonds. The van der Waals surface area contributed by atoms with Crippen LogP contribution in [0.15, 0.2) is 0 Å². The van der Waals surface area contributed by atoms with Crippen LogP contribution in [-0.2, 0) is 0 Å². The zero-order valence-corrected chi connectivity index (χ0v) is 11.8. The highest BCUT2D eigenvalue weighted by molar-refractivity contribution is 4.85. The van der Waals surface area contributed by atoms with E-state index >= 15 is 0 Å². The van der Waals surface area contributed by atoms with Crippen LogP contribution in [0.2, 0.25) is 0 Å². The van der Waals surface area contributed by atoms with E-state index in [1.54, 1.807) is 0 Å². The molecule has 3 aliphatic rings. The van der Waals surface area contributed by atoms with Gasteiger partial charge in [0.2, 0.25) is 0 Å². The van der Waals surface area contributed by atoms with Crippen molar-refractivity contribution in [2.75, 3.05) is 19.6 Å². The molecule has 1 saturated heterocycles. The maximum absolute atomic E-state index is 6.18. The highest BCUT2D eigenvalue weighted by Gasteiger charge is 2.31. The van der Waals surface area contributed by atoms with Crippen LogP contribution in [0.1, 0.15) is 57.8 Å². The quantitative estimate of drug-likeness (QED) is 0.834. The lowest BCUT2D eigenvalue weighted by atomic mass is 9.75. The molecule has 0 radical (unpaired) electrons. The first kappa shape index (κ1) is 12.9. The molecule has 0 aromatic heterocycles. The van der Waals surface area contributed by atoms with E-state index in [0.29, 0.717) is 6.04 Å². The third kappa shape index (κ3) is 2.91. The first-order chi connectivity index (χ1) is 8.83. The number of fused-ring (bicyclic) bond motifs is 1. The maximum atomic E-state index is 6.18. The molecule has 18 heavy (non-hydrogen) atoms. The monoisotopic (exact) mass is 250 g/mol. The van der Waals surface area contributed by atoms with Gasteiger partial charge in [-0.05, 0) is 62.9 Å². The van der Waals surface area contributed by atoms with E-state index in [9.17, 15) is 0 Å². The van der Waals surface area contributed by atoms with Crippen molar-refractivity contribution in [2.24, 2.45) is 23.5 Å². The fourth-order valence-electron chi connectivity index (χ4n) is 4.65. The van der Waals surface area contributed by atoms with Gasteiger partial charge in [-0.2, -0.15) is 0 Å². The Labute approximate surface area is 112 Å². The van der Waals surface area contributed by atoms with Crippen molar-refractivity contribution >= 4 is 0 Å². The van der Waals surface area contributed by atoms with Gasteiger partial charge in [0.1, 0.15) is 0 Å². The van der Waals surface area contributed by atoms with Gasteiger partial charge >= 0.3 is 0 Å². The van der Waals surface area contributed by atoms with Crippen LogP contribution in [0.4, 0.5) is 0 Å². The summed E-state index contributed by atoms with van der Waals surface area (Å²) in [7, 11) is 0. The van der Waals surface area contributed by atoms with Crippen LogP contribution in [0, 0.1) is 17.8 Å². The van der Waals surface area contributed by atoms with Crippen LogP contribution in [0.5, 0.6) is 0 Å². The molecule has 4 unspecified atom stereocenters. The number of rotatable bonds is 3. The van der Waals surface area contributed by atoms with Gasteiger partial charge in [-0.25, -0.2) is 0 Å². The molecule has 0 spiro atoms. The highest BCUT2D eigenvalue weighted by Crippen LogP contribution is 2.36. The first-order valence-corrected chi connectivity index (χ1v) is 8.31. The van der Waals surface area contributed by atoms with Crippen LogP contribution >= 0.6 is 0 Å². The van der Waals surface area contributed by atoms with Crippen molar-refractivity contribution in [3.8, 4) is 0 Å². The summed E-state index contributed by atoms with van der Waals surface area (Å²) in [6.07, 6.45) is 12.9. The molecule has 1 heterocycles. The number of hydrogen-bond acceptors (Lipinski definition) is 2. The van der Waals surface area contributed by atoms with Gasteiger partial charge in [-0.3, -0.25) is 0 Å². The molecule has 0 aromatic rings. The molecule has 4 atom stereocenters. The second-order valence-electron chi connectivity index (χ2n) is 7.04. The summed E-state index contributed by atoms with van der Waals surface area (Å²) in [6, 6.07) is 0.511. The normalized spacial score (nSPS) is 41.8. The Morgan fingerprint density at radius 3 is 2.50 bits per heavy atom. The van der Waals surface area contributed by atoms with E-state index in [1.807, 2.05) is 0 Å². The van der Waals surface area contributed by atoms with Crippen molar-refractivity contribution in [1.82, 2.24) is 4.90 Å². The standard InChI is InChI=1S/C16H30N2/c17-16-7-3-6-14(16)9-11-18-10-8-13-4-1-2-5-15(13)12-18/h13-16H,1-12,17H2. The lowest BCUT2D eigenvalue weighted by molar-refractivity contribution is 0.0824. The summed E-state index contributed by atoms with van der Waals surface area (Å²) < 4.78 is 0. The molecule has 0 aromatic carbocycles. The van der Waals surface area contributed by atoms with E-state index in [0.717, 1.165) is 17.8 Å². The van der Waals surface area contributed by atoms with Gasteiger partial charge in [-0.15, -0.1) is 0 Å². The Kier molecular flexibility index (Phi) is 4.25. The Morgan fingerprint density at radius 1 is 0.889 bits per heavy atom. The van der Waals surface area contributed by atoms with Gasteiger partial charge < -0.3 is 10.6 Å². The Hall–Kier alpha value is -0.0800. The number of nitrogens with zero attached hydrogens (tertiary/aromatic N) is 1. The van der Waals surface area contributed by atoms with Gasteiger partial charge in [-0.1, -0.05) is 25.7 Å². The Balaban J connectivity index is 1.43. The number of hydrogen-bond donors (Lipinski definition) is 1. The Bertz CT molecular complexity index is 266. The summed E-state index contributed by atoms with van der Waals surface area (Å²) in [6.45, 7) is 4.08. The smallest absolute Gasteiger partial charge is 0.00676 e. The maximum Gasteiger partial charge on any atom is 0.00676 e. The third-order valence-corrected chi connectivity index (χ3v) is 5.91. The van der Waals surface area contributed by atoms with Gasteiger partial charge in [0, 0.05) is 12.6 Å². The largest absolute Gasteiger partial charge is 0.327 e. The van der Waals surface area contributed by atoms with Gasteiger partial charge in [0.05, 0.1) is 0 Å².